The van der Waals surface area contributed by atoms with Crippen molar-refractivity contribution in [1.82, 2.24) is 10.2 Å². The summed E-state index contributed by atoms with van der Waals surface area (Å²) in [6, 6.07) is 9.56. The van der Waals surface area contributed by atoms with Crippen molar-refractivity contribution in [2.45, 2.75) is 59.2 Å². The summed E-state index contributed by atoms with van der Waals surface area (Å²) in [5.41, 5.74) is -0.412. The summed E-state index contributed by atoms with van der Waals surface area (Å²) in [6.07, 6.45) is -0.983. The molecule has 0 aliphatic rings. The maximum absolute atomic E-state index is 12.5. The Balaban J connectivity index is 2.83. The number of nitrogens with zero attached hydrogens (tertiary/aromatic N) is 1. The Morgan fingerprint density at radius 2 is 1.54 bits per heavy atom. The van der Waals surface area contributed by atoms with Crippen molar-refractivity contribution >= 4 is 18.1 Å². The smallest absolute Gasteiger partial charge is 0.417 e. The van der Waals surface area contributed by atoms with Crippen molar-refractivity contribution in [3.63, 3.8) is 0 Å². The maximum atomic E-state index is 12.5. The van der Waals surface area contributed by atoms with Crippen molar-refractivity contribution in [2.75, 3.05) is 6.54 Å². The summed E-state index contributed by atoms with van der Waals surface area (Å²) in [7, 11) is 0. The fourth-order valence-electron chi connectivity index (χ4n) is 1.96. The van der Waals surface area contributed by atoms with E-state index in [4.69, 9.17) is 14.9 Å². The number of hydrogen-bond donors (Lipinski definition) is 2. The Morgan fingerprint density at radius 1 is 1.00 bits per heavy atom. The van der Waals surface area contributed by atoms with E-state index in [0.717, 1.165) is 10.5 Å². The first-order valence-electron chi connectivity index (χ1n) is 8.50. The van der Waals surface area contributed by atoms with Crippen LogP contribution in [0.2, 0.25) is 0 Å². The second-order valence-corrected chi connectivity index (χ2v) is 7.84. The lowest BCUT2D eigenvalue weighted by Gasteiger charge is -2.28. The Morgan fingerprint density at radius 3 is 2.04 bits per heavy atom. The SMILES string of the molecule is CC(C)(C)OC(=O)NC(=N)N(CCc1ccccc1)C(=O)OC(C)(C)C. The molecule has 0 aliphatic carbocycles. The molecule has 0 aliphatic heterocycles. The van der Waals surface area contributed by atoms with E-state index < -0.39 is 23.4 Å². The molecule has 7 heteroatoms. The van der Waals surface area contributed by atoms with E-state index in [9.17, 15) is 9.59 Å². The van der Waals surface area contributed by atoms with E-state index in [-0.39, 0.29) is 12.5 Å². The lowest BCUT2D eigenvalue weighted by molar-refractivity contribution is 0.0359. The van der Waals surface area contributed by atoms with Gasteiger partial charge >= 0.3 is 12.2 Å². The molecule has 0 saturated carbocycles. The molecule has 0 radical (unpaired) electrons. The van der Waals surface area contributed by atoms with Crippen LogP contribution in [0.5, 0.6) is 0 Å². The number of benzene rings is 1. The van der Waals surface area contributed by atoms with Gasteiger partial charge in [-0.05, 0) is 53.5 Å². The van der Waals surface area contributed by atoms with Gasteiger partial charge in [0.1, 0.15) is 11.2 Å². The quantitative estimate of drug-likeness (QED) is 0.629. The summed E-state index contributed by atoms with van der Waals surface area (Å²) >= 11 is 0. The molecule has 0 unspecified atom stereocenters. The van der Waals surface area contributed by atoms with Crippen LogP contribution in [-0.2, 0) is 15.9 Å². The molecule has 0 heterocycles. The molecular formula is C19H29N3O4. The highest BCUT2D eigenvalue weighted by atomic mass is 16.6. The number of alkyl carbamates (subject to hydrolysis) is 1. The molecule has 0 atom stereocenters. The second kappa shape index (κ2) is 8.69. The van der Waals surface area contributed by atoms with Gasteiger partial charge in [0, 0.05) is 6.54 Å². The molecule has 144 valence electrons. The lowest BCUT2D eigenvalue weighted by atomic mass is 10.1. The molecular weight excluding hydrogens is 334 g/mol. The van der Waals surface area contributed by atoms with Crippen LogP contribution < -0.4 is 5.32 Å². The van der Waals surface area contributed by atoms with Crippen LogP contribution in [0, 0.1) is 5.41 Å². The van der Waals surface area contributed by atoms with Gasteiger partial charge in [-0.25, -0.2) is 14.5 Å². The van der Waals surface area contributed by atoms with Crippen molar-refractivity contribution in [3.8, 4) is 0 Å². The number of carbonyl (C=O) groups is 2. The summed E-state index contributed by atoms with van der Waals surface area (Å²) in [6.45, 7) is 10.6. The van der Waals surface area contributed by atoms with Gasteiger partial charge in [-0.1, -0.05) is 30.3 Å². The van der Waals surface area contributed by atoms with Gasteiger partial charge in [-0.3, -0.25) is 10.7 Å². The zero-order valence-corrected chi connectivity index (χ0v) is 16.4. The molecule has 2 N–H and O–H groups in total. The van der Waals surface area contributed by atoms with Gasteiger partial charge in [-0.2, -0.15) is 0 Å². The van der Waals surface area contributed by atoms with Crippen LogP contribution in [0.1, 0.15) is 47.1 Å². The average Bonchev–Trinajstić information content (AvgIpc) is 2.44. The highest BCUT2D eigenvalue weighted by molar-refractivity contribution is 5.99. The standard InChI is InChI=1S/C19H29N3O4/c1-18(2,3)25-16(23)21-15(20)22(17(24)26-19(4,5)6)13-12-14-10-8-7-9-11-14/h7-11H,12-13H2,1-6H3,(H2,20,21,23). The highest BCUT2D eigenvalue weighted by Gasteiger charge is 2.27. The van der Waals surface area contributed by atoms with Gasteiger partial charge in [-0.15, -0.1) is 0 Å². The number of amides is 2. The van der Waals surface area contributed by atoms with Crippen molar-refractivity contribution in [1.29, 1.82) is 5.41 Å². The van der Waals surface area contributed by atoms with Crippen LogP contribution in [0.15, 0.2) is 30.3 Å². The Kier molecular flexibility index (Phi) is 7.18. The van der Waals surface area contributed by atoms with Crippen LogP contribution in [0.4, 0.5) is 9.59 Å². The molecule has 0 fully saturated rings. The van der Waals surface area contributed by atoms with E-state index in [1.807, 2.05) is 30.3 Å². The predicted octanol–water partition coefficient (Wildman–Crippen LogP) is 3.93. The highest BCUT2D eigenvalue weighted by Crippen LogP contribution is 2.12. The molecule has 26 heavy (non-hydrogen) atoms. The lowest BCUT2D eigenvalue weighted by Crippen LogP contribution is -2.50. The van der Waals surface area contributed by atoms with E-state index in [0.29, 0.717) is 6.42 Å². The molecule has 0 aromatic heterocycles. The maximum Gasteiger partial charge on any atom is 0.417 e. The molecule has 1 aromatic rings. The molecule has 1 rings (SSSR count). The number of hydrogen-bond acceptors (Lipinski definition) is 5. The van der Waals surface area contributed by atoms with E-state index in [2.05, 4.69) is 5.32 Å². The number of rotatable bonds is 3. The zero-order chi connectivity index (χ0) is 20.0. The van der Waals surface area contributed by atoms with Crippen LogP contribution in [0.3, 0.4) is 0 Å². The largest absolute Gasteiger partial charge is 0.444 e. The summed E-state index contributed by atoms with van der Waals surface area (Å²) in [4.78, 5) is 25.4. The third-order valence-corrected chi connectivity index (χ3v) is 2.97. The first kappa shape index (κ1) is 21.5. The molecule has 0 saturated heterocycles. The molecule has 7 nitrogen and oxygen atoms in total. The minimum absolute atomic E-state index is 0.188. The topological polar surface area (TPSA) is 91.7 Å². The molecule has 0 spiro atoms. The van der Waals surface area contributed by atoms with E-state index in [1.165, 1.54) is 0 Å². The molecule has 0 bridgehead atoms. The number of guanidine groups is 1. The van der Waals surface area contributed by atoms with Gasteiger partial charge in [0.2, 0.25) is 5.96 Å². The summed E-state index contributed by atoms with van der Waals surface area (Å²) in [5.74, 6) is -0.385. The Hall–Kier alpha value is -2.57. The summed E-state index contributed by atoms with van der Waals surface area (Å²) < 4.78 is 10.5. The number of nitrogens with one attached hydrogen (secondary N) is 2. The minimum Gasteiger partial charge on any atom is -0.444 e. The van der Waals surface area contributed by atoms with Gasteiger partial charge in [0.15, 0.2) is 0 Å². The first-order valence-corrected chi connectivity index (χ1v) is 8.50. The third kappa shape index (κ3) is 8.50. The predicted molar refractivity (Wildman–Crippen MR) is 100 cm³/mol. The molecule has 2 amide bonds. The molecule has 1 aromatic carbocycles. The fraction of sp³-hybridized carbons (Fsp3) is 0.526. The number of ether oxygens (including phenoxy) is 2. The fourth-order valence-corrected chi connectivity index (χ4v) is 1.96. The van der Waals surface area contributed by atoms with Crippen molar-refractivity contribution in [2.24, 2.45) is 0 Å². The zero-order valence-electron chi connectivity index (χ0n) is 16.4. The van der Waals surface area contributed by atoms with Crippen LogP contribution in [-0.4, -0.2) is 40.8 Å². The Bertz CT molecular complexity index is 630. The van der Waals surface area contributed by atoms with Crippen molar-refractivity contribution in [3.05, 3.63) is 35.9 Å². The second-order valence-electron chi connectivity index (χ2n) is 7.84. The third-order valence-electron chi connectivity index (χ3n) is 2.97. The van der Waals surface area contributed by atoms with E-state index in [1.54, 1.807) is 41.5 Å². The normalized spacial score (nSPS) is 11.5. The number of carbonyl (C=O) groups excluding carboxylic acids is 2. The average molecular weight is 363 g/mol. The van der Waals surface area contributed by atoms with Gasteiger partial charge in [0.25, 0.3) is 0 Å². The van der Waals surface area contributed by atoms with Crippen LogP contribution >= 0.6 is 0 Å². The summed E-state index contributed by atoms with van der Waals surface area (Å²) in [5, 5.41) is 10.4. The monoisotopic (exact) mass is 363 g/mol. The van der Waals surface area contributed by atoms with E-state index >= 15 is 0 Å². The minimum atomic E-state index is -0.796. The first-order chi connectivity index (χ1) is 11.9. The Labute approximate surface area is 155 Å². The van der Waals surface area contributed by atoms with Crippen molar-refractivity contribution < 1.29 is 19.1 Å². The van der Waals surface area contributed by atoms with Gasteiger partial charge < -0.3 is 9.47 Å². The van der Waals surface area contributed by atoms with Gasteiger partial charge in [0.05, 0.1) is 0 Å². The van der Waals surface area contributed by atoms with Crippen LogP contribution in [0.25, 0.3) is 0 Å².